The van der Waals surface area contributed by atoms with Crippen LogP contribution in [0.25, 0.3) is 23.0 Å². The maximum absolute atomic E-state index is 12.5. The number of hydrogen-bond acceptors (Lipinski definition) is 4. The molecule has 3 aromatic rings. The fraction of sp³-hybridized carbons (Fsp3) is 0.240. The van der Waals surface area contributed by atoms with Crippen LogP contribution < -0.4 is 5.32 Å². The normalized spacial score (nSPS) is 11.2. The van der Waals surface area contributed by atoms with Gasteiger partial charge in [-0.15, -0.1) is 0 Å². The lowest BCUT2D eigenvalue weighted by atomic mass is 10.0. The van der Waals surface area contributed by atoms with Crippen LogP contribution in [0.5, 0.6) is 0 Å². The number of benzene rings is 2. The first-order valence-corrected chi connectivity index (χ1v) is 10.3. The summed E-state index contributed by atoms with van der Waals surface area (Å²) < 4.78 is 7.03. The van der Waals surface area contributed by atoms with Crippen LogP contribution in [-0.4, -0.2) is 35.4 Å². The van der Waals surface area contributed by atoms with Gasteiger partial charge in [-0.3, -0.25) is 4.79 Å². The SMILES string of the molecule is CCOCCCNC(=O)/C(C#N)=C/c1cn(-c2ccccc2)nc1-c1ccc(C)cc1. The Labute approximate surface area is 182 Å². The molecule has 0 aliphatic carbocycles. The van der Waals surface area contributed by atoms with Gasteiger partial charge in [0, 0.05) is 37.1 Å². The summed E-state index contributed by atoms with van der Waals surface area (Å²) in [6.45, 7) is 5.62. The lowest BCUT2D eigenvalue weighted by Crippen LogP contribution is -2.26. The number of carbonyl (C=O) groups excluding carboxylic acids is 1. The van der Waals surface area contributed by atoms with Crippen molar-refractivity contribution in [3.8, 4) is 23.0 Å². The van der Waals surface area contributed by atoms with Crippen LogP contribution in [0.15, 0.2) is 66.4 Å². The number of nitrogens with zero attached hydrogens (tertiary/aromatic N) is 3. The molecule has 6 heteroatoms. The minimum absolute atomic E-state index is 0.0392. The molecule has 0 aliphatic rings. The Hall–Kier alpha value is -3.69. The van der Waals surface area contributed by atoms with Crippen molar-refractivity contribution in [2.24, 2.45) is 0 Å². The van der Waals surface area contributed by atoms with Crippen molar-refractivity contribution < 1.29 is 9.53 Å². The van der Waals surface area contributed by atoms with Gasteiger partial charge in [0.2, 0.25) is 0 Å². The van der Waals surface area contributed by atoms with Crippen molar-refractivity contribution in [2.45, 2.75) is 20.3 Å². The van der Waals surface area contributed by atoms with Crippen molar-refractivity contribution in [1.29, 1.82) is 5.26 Å². The van der Waals surface area contributed by atoms with E-state index in [1.165, 1.54) is 0 Å². The van der Waals surface area contributed by atoms with Gasteiger partial charge in [-0.1, -0.05) is 48.0 Å². The standard InChI is InChI=1S/C25H26N4O2/c1-3-31-15-7-14-27-25(30)21(17-26)16-22-18-29(23-8-5-4-6-9-23)28-24(22)20-12-10-19(2)11-13-20/h4-6,8-13,16,18H,3,7,14-15H2,1-2H3,(H,27,30)/b21-16+. The van der Waals surface area contributed by atoms with Crippen molar-refractivity contribution in [2.75, 3.05) is 19.8 Å². The number of carbonyl (C=O) groups is 1. The molecule has 3 rings (SSSR count). The van der Waals surface area contributed by atoms with E-state index >= 15 is 0 Å². The number of rotatable bonds is 9. The zero-order chi connectivity index (χ0) is 22.1. The summed E-state index contributed by atoms with van der Waals surface area (Å²) in [4.78, 5) is 12.5. The highest BCUT2D eigenvalue weighted by molar-refractivity contribution is 6.02. The highest BCUT2D eigenvalue weighted by Crippen LogP contribution is 2.26. The summed E-state index contributed by atoms with van der Waals surface area (Å²) in [6.07, 6.45) is 4.13. The molecule has 1 amide bonds. The van der Waals surface area contributed by atoms with Crippen molar-refractivity contribution >= 4 is 12.0 Å². The third-order valence-electron chi connectivity index (χ3n) is 4.71. The molecule has 1 aromatic heterocycles. The minimum Gasteiger partial charge on any atom is -0.382 e. The van der Waals surface area contributed by atoms with Gasteiger partial charge in [0.25, 0.3) is 5.91 Å². The van der Waals surface area contributed by atoms with Crippen molar-refractivity contribution in [1.82, 2.24) is 15.1 Å². The lowest BCUT2D eigenvalue weighted by Gasteiger charge is -2.05. The minimum atomic E-state index is -0.402. The molecule has 0 fully saturated rings. The first kappa shape index (κ1) is 22.0. The Morgan fingerprint density at radius 1 is 1.19 bits per heavy atom. The molecule has 0 unspecified atom stereocenters. The van der Waals surface area contributed by atoms with Gasteiger partial charge in [0.1, 0.15) is 11.6 Å². The number of amides is 1. The smallest absolute Gasteiger partial charge is 0.261 e. The highest BCUT2D eigenvalue weighted by Gasteiger charge is 2.15. The zero-order valence-electron chi connectivity index (χ0n) is 17.8. The van der Waals surface area contributed by atoms with E-state index in [1.807, 2.05) is 80.7 Å². The number of hydrogen-bond donors (Lipinski definition) is 1. The first-order chi connectivity index (χ1) is 15.1. The summed E-state index contributed by atoms with van der Waals surface area (Å²) in [5.41, 5.74) is 4.41. The Morgan fingerprint density at radius 2 is 1.94 bits per heavy atom. The Morgan fingerprint density at radius 3 is 2.61 bits per heavy atom. The molecule has 0 saturated carbocycles. The van der Waals surface area contributed by atoms with Crippen LogP contribution in [-0.2, 0) is 9.53 Å². The van der Waals surface area contributed by atoms with E-state index in [0.29, 0.717) is 37.4 Å². The fourth-order valence-electron chi connectivity index (χ4n) is 3.06. The van der Waals surface area contributed by atoms with Crippen LogP contribution in [0.3, 0.4) is 0 Å². The molecular formula is C25H26N4O2. The molecular weight excluding hydrogens is 388 g/mol. The summed E-state index contributed by atoms with van der Waals surface area (Å²) >= 11 is 0. The molecule has 1 N–H and O–H groups in total. The van der Waals surface area contributed by atoms with Crippen molar-refractivity contribution in [3.63, 3.8) is 0 Å². The average molecular weight is 415 g/mol. The molecule has 2 aromatic carbocycles. The summed E-state index contributed by atoms with van der Waals surface area (Å²) in [6, 6.07) is 19.8. The molecule has 0 radical (unpaired) electrons. The number of ether oxygens (including phenoxy) is 1. The van der Waals surface area contributed by atoms with Gasteiger partial charge in [-0.25, -0.2) is 4.68 Å². The van der Waals surface area contributed by atoms with Crippen LogP contribution in [0.4, 0.5) is 0 Å². The fourth-order valence-corrected chi connectivity index (χ4v) is 3.06. The largest absolute Gasteiger partial charge is 0.382 e. The number of nitrogens with one attached hydrogen (secondary N) is 1. The average Bonchev–Trinajstić information content (AvgIpc) is 3.22. The van der Waals surface area contributed by atoms with E-state index in [9.17, 15) is 10.1 Å². The van der Waals surface area contributed by atoms with Gasteiger partial charge in [-0.05, 0) is 38.5 Å². The summed E-state index contributed by atoms with van der Waals surface area (Å²) in [7, 11) is 0. The Balaban J connectivity index is 1.92. The molecule has 0 saturated heterocycles. The van der Waals surface area contributed by atoms with Crippen LogP contribution in [0.2, 0.25) is 0 Å². The van der Waals surface area contributed by atoms with Crippen LogP contribution in [0, 0.1) is 18.3 Å². The van der Waals surface area contributed by atoms with Gasteiger partial charge in [0.15, 0.2) is 0 Å². The van der Waals surface area contributed by atoms with Gasteiger partial charge in [-0.2, -0.15) is 10.4 Å². The first-order valence-electron chi connectivity index (χ1n) is 10.3. The predicted octanol–water partition coefficient (Wildman–Crippen LogP) is 4.30. The third kappa shape index (κ3) is 5.91. The summed E-state index contributed by atoms with van der Waals surface area (Å²) in [5, 5.41) is 17.1. The monoisotopic (exact) mass is 414 g/mol. The molecule has 0 aliphatic heterocycles. The Bertz CT molecular complexity index is 1080. The molecule has 0 bridgehead atoms. The number of para-hydroxylation sites is 1. The van der Waals surface area contributed by atoms with Gasteiger partial charge >= 0.3 is 0 Å². The zero-order valence-corrected chi connectivity index (χ0v) is 17.8. The second-order valence-corrected chi connectivity index (χ2v) is 7.06. The van der Waals surface area contributed by atoms with Crippen molar-refractivity contribution in [3.05, 3.63) is 77.5 Å². The molecule has 158 valence electrons. The Kier molecular flexibility index (Phi) is 7.74. The second-order valence-electron chi connectivity index (χ2n) is 7.06. The molecule has 0 spiro atoms. The maximum atomic E-state index is 12.5. The molecule has 6 nitrogen and oxygen atoms in total. The predicted molar refractivity (Wildman–Crippen MR) is 121 cm³/mol. The van der Waals surface area contributed by atoms with Gasteiger partial charge < -0.3 is 10.1 Å². The summed E-state index contributed by atoms with van der Waals surface area (Å²) in [5.74, 6) is -0.402. The van der Waals surface area contributed by atoms with E-state index in [4.69, 9.17) is 9.84 Å². The third-order valence-corrected chi connectivity index (χ3v) is 4.71. The van der Waals surface area contributed by atoms with Gasteiger partial charge in [0.05, 0.1) is 11.4 Å². The lowest BCUT2D eigenvalue weighted by molar-refractivity contribution is -0.117. The van der Waals surface area contributed by atoms with E-state index in [0.717, 1.165) is 16.8 Å². The topological polar surface area (TPSA) is 79.9 Å². The van der Waals surface area contributed by atoms with Crippen LogP contribution >= 0.6 is 0 Å². The number of aryl methyl sites for hydroxylation is 1. The molecule has 1 heterocycles. The highest BCUT2D eigenvalue weighted by atomic mass is 16.5. The maximum Gasteiger partial charge on any atom is 0.261 e. The number of nitriles is 1. The van der Waals surface area contributed by atoms with E-state index < -0.39 is 5.91 Å². The number of aromatic nitrogens is 2. The molecule has 0 atom stereocenters. The van der Waals surface area contributed by atoms with E-state index in [2.05, 4.69) is 5.32 Å². The van der Waals surface area contributed by atoms with Crippen LogP contribution in [0.1, 0.15) is 24.5 Å². The molecule has 31 heavy (non-hydrogen) atoms. The van der Waals surface area contributed by atoms with E-state index in [1.54, 1.807) is 10.8 Å². The van der Waals surface area contributed by atoms with E-state index in [-0.39, 0.29) is 5.57 Å². The second kappa shape index (κ2) is 10.9. The quantitative estimate of drug-likeness (QED) is 0.322.